The monoisotopic (exact) mass is 436 g/mol. The maximum Gasteiger partial charge on any atom is 0.262 e. The molecule has 162 valence electrons. The van der Waals surface area contributed by atoms with E-state index >= 15 is 0 Å². The first-order valence-corrected chi connectivity index (χ1v) is 11.7. The Morgan fingerprint density at radius 1 is 1.03 bits per heavy atom. The van der Waals surface area contributed by atoms with Crippen LogP contribution in [0.2, 0.25) is 0 Å². The summed E-state index contributed by atoms with van der Waals surface area (Å²) in [5, 5.41) is 0.862. The number of fused-ring (bicyclic) bond motifs is 1. The minimum absolute atomic E-state index is 0.0758. The van der Waals surface area contributed by atoms with E-state index in [9.17, 15) is 9.59 Å². The molecule has 0 spiro atoms. The van der Waals surface area contributed by atoms with Gasteiger partial charge in [0.15, 0.2) is 5.16 Å². The Morgan fingerprint density at radius 3 is 2.42 bits per heavy atom. The molecule has 1 aliphatic heterocycles. The van der Waals surface area contributed by atoms with Gasteiger partial charge in [0, 0.05) is 26.2 Å². The van der Waals surface area contributed by atoms with Crippen molar-refractivity contribution in [2.24, 2.45) is 0 Å². The summed E-state index contributed by atoms with van der Waals surface area (Å²) in [7, 11) is 0. The first-order chi connectivity index (χ1) is 15.1. The van der Waals surface area contributed by atoms with E-state index in [-0.39, 0.29) is 16.7 Å². The Bertz CT molecular complexity index is 1110. The summed E-state index contributed by atoms with van der Waals surface area (Å²) in [6.07, 6.45) is 0. The van der Waals surface area contributed by atoms with Crippen LogP contribution in [0.15, 0.2) is 64.5 Å². The van der Waals surface area contributed by atoms with Crippen LogP contribution in [0, 0.1) is 0 Å². The van der Waals surface area contributed by atoms with Gasteiger partial charge in [0.2, 0.25) is 5.91 Å². The average Bonchev–Trinajstić information content (AvgIpc) is 2.82. The van der Waals surface area contributed by atoms with Gasteiger partial charge >= 0.3 is 0 Å². The summed E-state index contributed by atoms with van der Waals surface area (Å²) in [6.45, 7) is 8.81. The number of para-hydroxylation sites is 1. The summed E-state index contributed by atoms with van der Waals surface area (Å²) >= 11 is 1.37. The summed E-state index contributed by atoms with van der Waals surface area (Å²) in [4.78, 5) is 35.4. The highest BCUT2D eigenvalue weighted by Crippen LogP contribution is 2.25. The summed E-state index contributed by atoms with van der Waals surface area (Å²) in [5.74, 6) is 0.106. The maximum atomic E-state index is 13.3. The van der Waals surface area contributed by atoms with E-state index < -0.39 is 0 Å². The second-order valence-electron chi connectivity index (χ2n) is 7.81. The molecule has 0 radical (unpaired) electrons. The lowest BCUT2D eigenvalue weighted by Crippen LogP contribution is -2.50. The number of benzene rings is 2. The van der Waals surface area contributed by atoms with E-state index in [1.807, 2.05) is 66.4 Å². The Kier molecular flexibility index (Phi) is 6.73. The van der Waals surface area contributed by atoms with Gasteiger partial charge in [-0.2, -0.15) is 0 Å². The molecule has 0 N–H and O–H groups in total. The highest BCUT2D eigenvalue weighted by Gasteiger charge is 2.26. The number of carbonyl (C=O) groups is 1. The summed E-state index contributed by atoms with van der Waals surface area (Å²) < 4.78 is 1.70. The predicted octanol–water partition coefficient (Wildman–Crippen LogP) is 3.09. The molecule has 1 aliphatic rings. The second-order valence-corrected chi connectivity index (χ2v) is 9.12. The highest BCUT2D eigenvalue weighted by molar-refractivity contribution is 8.00. The molecule has 4 rings (SSSR count). The molecule has 1 fully saturated rings. The maximum absolute atomic E-state index is 13.3. The molecule has 6 nitrogen and oxygen atoms in total. The number of nitrogens with zero attached hydrogens (tertiary/aromatic N) is 4. The van der Waals surface area contributed by atoms with E-state index in [4.69, 9.17) is 4.98 Å². The van der Waals surface area contributed by atoms with Crippen molar-refractivity contribution in [2.45, 2.75) is 30.8 Å². The molecule has 2 heterocycles. The van der Waals surface area contributed by atoms with Gasteiger partial charge in [-0.1, -0.05) is 61.2 Å². The van der Waals surface area contributed by atoms with Crippen LogP contribution in [0.3, 0.4) is 0 Å². The third-order valence-corrected chi connectivity index (χ3v) is 6.85. The van der Waals surface area contributed by atoms with Gasteiger partial charge in [-0.15, -0.1) is 0 Å². The first kappa shape index (κ1) is 21.6. The van der Waals surface area contributed by atoms with E-state index in [1.54, 1.807) is 4.57 Å². The van der Waals surface area contributed by atoms with Crippen molar-refractivity contribution in [3.63, 3.8) is 0 Å². The Balaban J connectivity index is 1.62. The van der Waals surface area contributed by atoms with E-state index in [2.05, 4.69) is 11.8 Å². The zero-order valence-corrected chi connectivity index (χ0v) is 18.8. The number of aromatic nitrogens is 2. The van der Waals surface area contributed by atoms with Gasteiger partial charge < -0.3 is 9.80 Å². The minimum Gasteiger partial charge on any atom is -0.339 e. The molecule has 0 aliphatic carbocycles. The van der Waals surface area contributed by atoms with Gasteiger partial charge in [0.25, 0.3) is 5.56 Å². The topological polar surface area (TPSA) is 58.4 Å². The predicted molar refractivity (Wildman–Crippen MR) is 126 cm³/mol. The molecule has 1 amide bonds. The summed E-state index contributed by atoms with van der Waals surface area (Å²) in [5.41, 5.74) is 1.61. The average molecular weight is 437 g/mol. The van der Waals surface area contributed by atoms with Crippen molar-refractivity contribution < 1.29 is 4.79 Å². The van der Waals surface area contributed by atoms with E-state index in [0.29, 0.717) is 22.6 Å². The SMILES string of the molecule is CCN1CCN(C(=O)C(C)Sc2nc3ccccc3c(=O)n2Cc2ccccc2)CC1. The molecular weight excluding hydrogens is 408 g/mol. The quantitative estimate of drug-likeness (QED) is 0.439. The van der Waals surface area contributed by atoms with E-state index in [1.165, 1.54) is 11.8 Å². The third kappa shape index (κ3) is 4.83. The molecule has 31 heavy (non-hydrogen) atoms. The Hall–Kier alpha value is -2.64. The standard InChI is InChI=1S/C24H28N4O2S/c1-3-26-13-15-27(16-14-26)22(29)18(2)31-24-25-21-12-8-7-11-20(21)23(30)28(24)17-19-9-5-4-6-10-19/h4-12,18H,3,13-17H2,1-2H3. The fourth-order valence-electron chi connectivity index (χ4n) is 3.89. The second kappa shape index (κ2) is 9.66. The van der Waals surface area contributed by atoms with Crippen LogP contribution in [-0.2, 0) is 11.3 Å². The van der Waals surface area contributed by atoms with E-state index in [0.717, 1.165) is 38.3 Å². The van der Waals surface area contributed by atoms with Gasteiger partial charge in [-0.05, 0) is 31.2 Å². The number of likely N-dealkylation sites (N-methyl/N-ethyl adjacent to an activating group) is 1. The number of hydrogen-bond acceptors (Lipinski definition) is 5. The van der Waals surface area contributed by atoms with Gasteiger partial charge in [0.05, 0.1) is 22.7 Å². The normalized spacial score (nSPS) is 15.9. The van der Waals surface area contributed by atoms with Gasteiger partial charge in [-0.25, -0.2) is 4.98 Å². The Labute approximate surface area is 186 Å². The molecule has 7 heteroatoms. The molecule has 1 aromatic heterocycles. The lowest BCUT2D eigenvalue weighted by molar-refractivity contribution is -0.132. The minimum atomic E-state index is -0.316. The largest absolute Gasteiger partial charge is 0.339 e. The fraction of sp³-hybridized carbons (Fsp3) is 0.375. The van der Waals surface area contributed by atoms with Gasteiger partial charge in [-0.3, -0.25) is 14.2 Å². The summed E-state index contributed by atoms with van der Waals surface area (Å²) in [6, 6.07) is 17.3. The molecule has 1 unspecified atom stereocenters. The van der Waals surface area contributed by atoms with Crippen LogP contribution in [-0.4, -0.2) is 63.2 Å². The Morgan fingerprint density at radius 2 is 1.71 bits per heavy atom. The number of piperazine rings is 1. The van der Waals surface area contributed by atoms with Crippen LogP contribution in [0.1, 0.15) is 19.4 Å². The molecule has 1 atom stereocenters. The van der Waals surface area contributed by atoms with Crippen molar-refractivity contribution in [1.82, 2.24) is 19.4 Å². The molecule has 2 aromatic carbocycles. The van der Waals surface area contributed by atoms with Crippen molar-refractivity contribution in [2.75, 3.05) is 32.7 Å². The van der Waals surface area contributed by atoms with Crippen LogP contribution >= 0.6 is 11.8 Å². The van der Waals surface area contributed by atoms with Crippen molar-refractivity contribution in [1.29, 1.82) is 0 Å². The lowest BCUT2D eigenvalue weighted by Gasteiger charge is -2.35. The number of thioether (sulfide) groups is 1. The van der Waals surface area contributed by atoms with Crippen LogP contribution < -0.4 is 5.56 Å². The zero-order chi connectivity index (χ0) is 21.8. The van der Waals surface area contributed by atoms with Crippen LogP contribution in [0.25, 0.3) is 10.9 Å². The number of carbonyl (C=O) groups excluding carboxylic acids is 1. The van der Waals surface area contributed by atoms with Crippen LogP contribution in [0.4, 0.5) is 0 Å². The number of rotatable bonds is 6. The molecule has 0 bridgehead atoms. The number of hydrogen-bond donors (Lipinski definition) is 0. The number of amides is 1. The van der Waals surface area contributed by atoms with Crippen molar-refractivity contribution in [3.05, 3.63) is 70.5 Å². The molecule has 0 saturated carbocycles. The molecule has 1 saturated heterocycles. The van der Waals surface area contributed by atoms with Crippen molar-refractivity contribution >= 4 is 28.6 Å². The van der Waals surface area contributed by atoms with Crippen LogP contribution in [0.5, 0.6) is 0 Å². The third-order valence-electron chi connectivity index (χ3n) is 5.77. The van der Waals surface area contributed by atoms with Gasteiger partial charge in [0.1, 0.15) is 0 Å². The first-order valence-electron chi connectivity index (χ1n) is 10.8. The smallest absolute Gasteiger partial charge is 0.262 e. The lowest BCUT2D eigenvalue weighted by atomic mass is 10.2. The fourth-order valence-corrected chi connectivity index (χ4v) is 4.89. The molecule has 3 aromatic rings. The zero-order valence-electron chi connectivity index (χ0n) is 18.0. The van der Waals surface area contributed by atoms with Crippen molar-refractivity contribution in [3.8, 4) is 0 Å². The molecular formula is C24H28N4O2S. The highest BCUT2D eigenvalue weighted by atomic mass is 32.2.